The van der Waals surface area contributed by atoms with Crippen LogP contribution in [0.4, 0.5) is 0 Å². The summed E-state index contributed by atoms with van der Waals surface area (Å²) in [6.45, 7) is 6.93. The third-order valence-corrected chi connectivity index (χ3v) is 4.53. The highest BCUT2D eigenvalue weighted by Gasteiger charge is 2.02. The lowest BCUT2D eigenvalue weighted by molar-refractivity contribution is 0.474. The zero-order valence-electron chi connectivity index (χ0n) is 15.3. The van der Waals surface area contributed by atoms with Crippen molar-refractivity contribution in [2.24, 2.45) is 11.7 Å². The van der Waals surface area contributed by atoms with E-state index in [-0.39, 0.29) is 0 Å². The molecule has 0 saturated heterocycles. The highest BCUT2D eigenvalue weighted by molar-refractivity contribution is 4.62. The fourth-order valence-corrected chi connectivity index (χ4v) is 3.00. The Hall–Kier alpha value is -0.0400. The maximum atomic E-state index is 6.22. The van der Waals surface area contributed by atoms with Gasteiger partial charge in [-0.2, -0.15) is 0 Å². The number of rotatable bonds is 16. The van der Waals surface area contributed by atoms with Gasteiger partial charge in [-0.1, -0.05) is 104 Å². The summed E-state index contributed by atoms with van der Waals surface area (Å²) < 4.78 is 0. The highest BCUT2D eigenvalue weighted by Crippen LogP contribution is 2.14. The van der Waals surface area contributed by atoms with Crippen LogP contribution in [0.5, 0.6) is 0 Å². The molecule has 0 rings (SSSR count). The summed E-state index contributed by atoms with van der Waals surface area (Å²) in [5.74, 6) is 0.875. The van der Waals surface area contributed by atoms with Gasteiger partial charge in [0.2, 0.25) is 0 Å². The molecule has 0 aromatic carbocycles. The van der Waals surface area contributed by atoms with E-state index in [4.69, 9.17) is 5.73 Å². The van der Waals surface area contributed by atoms with Crippen molar-refractivity contribution in [1.82, 2.24) is 0 Å². The van der Waals surface area contributed by atoms with Crippen LogP contribution in [0.1, 0.15) is 117 Å². The van der Waals surface area contributed by atoms with Crippen molar-refractivity contribution in [3.8, 4) is 0 Å². The van der Waals surface area contributed by atoms with Crippen LogP contribution < -0.4 is 5.73 Å². The van der Waals surface area contributed by atoms with E-state index in [0.29, 0.717) is 6.04 Å². The van der Waals surface area contributed by atoms with Gasteiger partial charge in [0.25, 0.3) is 0 Å². The third-order valence-electron chi connectivity index (χ3n) is 4.53. The van der Waals surface area contributed by atoms with Crippen LogP contribution in [-0.2, 0) is 0 Å². The molecule has 0 aliphatic carbocycles. The second kappa shape index (κ2) is 16.3. The van der Waals surface area contributed by atoms with E-state index in [0.717, 1.165) is 5.92 Å². The van der Waals surface area contributed by atoms with E-state index in [2.05, 4.69) is 20.8 Å². The molecular formula is C20H43N. The largest absolute Gasteiger partial charge is 0.328 e. The molecule has 0 saturated carbocycles. The van der Waals surface area contributed by atoms with Crippen LogP contribution >= 0.6 is 0 Å². The van der Waals surface area contributed by atoms with Crippen molar-refractivity contribution < 1.29 is 0 Å². The molecule has 0 aliphatic rings. The summed E-state index contributed by atoms with van der Waals surface area (Å²) in [5.41, 5.74) is 6.22. The zero-order valence-corrected chi connectivity index (χ0v) is 15.3. The van der Waals surface area contributed by atoms with Crippen LogP contribution in [0.2, 0.25) is 0 Å². The lowest BCUT2D eigenvalue weighted by Crippen LogP contribution is -2.19. The molecule has 0 aliphatic heterocycles. The first kappa shape index (κ1) is 21.0. The van der Waals surface area contributed by atoms with Crippen molar-refractivity contribution in [1.29, 1.82) is 0 Å². The Morgan fingerprint density at radius 3 is 1.38 bits per heavy atom. The molecule has 2 N–H and O–H groups in total. The summed E-state index contributed by atoms with van der Waals surface area (Å²) in [6, 6.07) is 0.469. The fourth-order valence-electron chi connectivity index (χ4n) is 3.00. The predicted molar refractivity (Wildman–Crippen MR) is 97.7 cm³/mol. The van der Waals surface area contributed by atoms with Crippen LogP contribution in [0, 0.1) is 5.92 Å². The minimum absolute atomic E-state index is 0.469. The number of nitrogens with two attached hydrogens (primary N) is 1. The number of hydrogen-bond donors (Lipinski definition) is 1. The highest BCUT2D eigenvalue weighted by atomic mass is 14.6. The maximum absolute atomic E-state index is 6.22. The molecule has 0 amide bonds. The Balaban J connectivity index is 3.14. The Morgan fingerprint density at radius 1 is 0.571 bits per heavy atom. The summed E-state index contributed by atoms with van der Waals surface area (Å²) >= 11 is 0. The smallest absolute Gasteiger partial charge is 0.00388 e. The molecule has 0 aromatic rings. The van der Waals surface area contributed by atoms with Crippen LogP contribution in [-0.4, -0.2) is 6.04 Å². The molecule has 0 heterocycles. The van der Waals surface area contributed by atoms with E-state index in [1.165, 1.54) is 96.3 Å². The average Bonchev–Trinajstić information content (AvgIpc) is 2.45. The van der Waals surface area contributed by atoms with Gasteiger partial charge < -0.3 is 5.73 Å². The fraction of sp³-hybridized carbons (Fsp3) is 1.00. The van der Waals surface area contributed by atoms with E-state index in [1.807, 2.05) is 0 Å². The second-order valence-corrected chi connectivity index (χ2v) is 7.41. The molecule has 1 heteroatoms. The van der Waals surface area contributed by atoms with Gasteiger partial charge in [0.15, 0.2) is 0 Å². The summed E-state index contributed by atoms with van der Waals surface area (Å²) in [6.07, 6.45) is 20.7. The van der Waals surface area contributed by atoms with E-state index in [1.54, 1.807) is 0 Å². The first-order valence-corrected chi connectivity index (χ1v) is 9.92. The maximum Gasteiger partial charge on any atom is 0.00388 e. The van der Waals surface area contributed by atoms with E-state index < -0.39 is 0 Å². The Labute approximate surface area is 135 Å². The number of hydrogen-bond acceptors (Lipinski definition) is 1. The monoisotopic (exact) mass is 297 g/mol. The van der Waals surface area contributed by atoms with Crippen molar-refractivity contribution >= 4 is 0 Å². The standard InChI is InChI=1S/C20H43N/c1-4-5-6-7-8-11-14-17-20(21)18-15-12-9-10-13-16-19(2)3/h19-20H,4-18,21H2,1-3H3. The van der Waals surface area contributed by atoms with Crippen molar-refractivity contribution in [3.05, 3.63) is 0 Å². The average molecular weight is 298 g/mol. The Morgan fingerprint density at radius 2 is 0.952 bits per heavy atom. The van der Waals surface area contributed by atoms with Crippen molar-refractivity contribution in [2.45, 2.75) is 123 Å². The third kappa shape index (κ3) is 17.9. The molecule has 0 radical (unpaired) electrons. The minimum atomic E-state index is 0.469. The van der Waals surface area contributed by atoms with Gasteiger partial charge in [0, 0.05) is 6.04 Å². The molecular weight excluding hydrogens is 254 g/mol. The van der Waals surface area contributed by atoms with Gasteiger partial charge in [0.1, 0.15) is 0 Å². The quantitative estimate of drug-likeness (QED) is 0.310. The summed E-state index contributed by atoms with van der Waals surface area (Å²) in [5, 5.41) is 0. The van der Waals surface area contributed by atoms with Crippen LogP contribution in [0.25, 0.3) is 0 Å². The molecule has 0 bridgehead atoms. The van der Waals surface area contributed by atoms with Gasteiger partial charge in [-0.05, 0) is 18.8 Å². The molecule has 0 aromatic heterocycles. The predicted octanol–water partition coefficient (Wildman–Crippen LogP) is 6.84. The molecule has 1 unspecified atom stereocenters. The Bertz CT molecular complexity index is 188. The second-order valence-electron chi connectivity index (χ2n) is 7.41. The molecule has 0 spiro atoms. The topological polar surface area (TPSA) is 26.0 Å². The van der Waals surface area contributed by atoms with E-state index in [9.17, 15) is 0 Å². The zero-order chi connectivity index (χ0) is 15.8. The van der Waals surface area contributed by atoms with Crippen LogP contribution in [0.3, 0.4) is 0 Å². The first-order chi connectivity index (χ1) is 10.2. The van der Waals surface area contributed by atoms with Gasteiger partial charge >= 0.3 is 0 Å². The Kier molecular flexibility index (Phi) is 16.3. The van der Waals surface area contributed by atoms with Crippen molar-refractivity contribution in [2.75, 3.05) is 0 Å². The lowest BCUT2D eigenvalue weighted by atomic mass is 10.00. The molecule has 1 atom stereocenters. The van der Waals surface area contributed by atoms with Gasteiger partial charge in [-0.25, -0.2) is 0 Å². The first-order valence-electron chi connectivity index (χ1n) is 9.92. The lowest BCUT2D eigenvalue weighted by Gasteiger charge is -2.11. The SMILES string of the molecule is CCCCCCCCCC(N)CCCCCCCC(C)C. The van der Waals surface area contributed by atoms with Crippen LogP contribution in [0.15, 0.2) is 0 Å². The summed E-state index contributed by atoms with van der Waals surface area (Å²) in [7, 11) is 0. The molecule has 21 heavy (non-hydrogen) atoms. The van der Waals surface area contributed by atoms with Gasteiger partial charge in [-0.3, -0.25) is 0 Å². The number of unbranched alkanes of at least 4 members (excludes halogenated alkanes) is 10. The summed E-state index contributed by atoms with van der Waals surface area (Å²) in [4.78, 5) is 0. The molecule has 0 fully saturated rings. The van der Waals surface area contributed by atoms with Crippen molar-refractivity contribution in [3.63, 3.8) is 0 Å². The molecule has 128 valence electrons. The minimum Gasteiger partial charge on any atom is -0.328 e. The van der Waals surface area contributed by atoms with Gasteiger partial charge in [-0.15, -0.1) is 0 Å². The van der Waals surface area contributed by atoms with E-state index >= 15 is 0 Å². The normalized spacial score (nSPS) is 13.0. The molecule has 1 nitrogen and oxygen atoms in total. The van der Waals surface area contributed by atoms with Gasteiger partial charge in [0.05, 0.1) is 0 Å².